The zero-order chi connectivity index (χ0) is 20.1. The Labute approximate surface area is 162 Å². The average Bonchev–Trinajstić information content (AvgIpc) is 2.72. The molecule has 144 valence electrons. The summed E-state index contributed by atoms with van der Waals surface area (Å²) in [7, 11) is 4.56. The number of azo groups is 1. The molecule has 0 aliphatic heterocycles. The van der Waals surface area contributed by atoms with Crippen LogP contribution in [0.4, 0.5) is 23.0 Å². The lowest BCUT2D eigenvalue weighted by molar-refractivity contribution is 0.324. The molecule has 0 unspecified atom stereocenters. The second kappa shape index (κ2) is 8.21. The van der Waals surface area contributed by atoms with Gasteiger partial charge in [-0.3, -0.25) is 0 Å². The topological polar surface area (TPSA) is 130 Å². The average molecular weight is 380 g/mol. The summed E-state index contributed by atoms with van der Waals surface area (Å²) in [4.78, 5) is 8.55. The maximum atomic E-state index is 6.03. The van der Waals surface area contributed by atoms with Crippen LogP contribution in [0.15, 0.2) is 52.7 Å². The monoisotopic (exact) mass is 380 g/mol. The predicted octanol–water partition coefficient (Wildman–Crippen LogP) is 3.75. The van der Waals surface area contributed by atoms with Gasteiger partial charge in [0.2, 0.25) is 5.75 Å². The van der Waals surface area contributed by atoms with Crippen molar-refractivity contribution < 1.29 is 14.2 Å². The van der Waals surface area contributed by atoms with E-state index in [4.69, 9.17) is 25.7 Å². The van der Waals surface area contributed by atoms with E-state index in [9.17, 15) is 0 Å². The number of benzene rings is 2. The minimum absolute atomic E-state index is 0.127. The third-order valence-electron chi connectivity index (χ3n) is 3.88. The Balaban J connectivity index is 1.97. The summed E-state index contributed by atoms with van der Waals surface area (Å²) in [6.45, 7) is 0. The van der Waals surface area contributed by atoms with Gasteiger partial charge in [0.1, 0.15) is 0 Å². The van der Waals surface area contributed by atoms with E-state index < -0.39 is 0 Å². The Bertz CT molecular complexity index is 960. The summed E-state index contributed by atoms with van der Waals surface area (Å²) in [5.41, 5.74) is 13.5. The Kier molecular flexibility index (Phi) is 5.54. The van der Waals surface area contributed by atoms with Crippen LogP contribution in [0.2, 0.25) is 0 Å². The summed E-state index contributed by atoms with van der Waals surface area (Å²) >= 11 is 0. The van der Waals surface area contributed by atoms with Gasteiger partial charge in [0, 0.05) is 17.7 Å². The molecule has 0 bridgehead atoms. The summed E-state index contributed by atoms with van der Waals surface area (Å²) in [6.07, 6.45) is 0. The third-order valence-corrected chi connectivity index (χ3v) is 3.88. The van der Waals surface area contributed by atoms with Gasteiger partial charge >= 0.3 is 0 Å². The first-order chi connectivity index (χ1) is 13.6. The van der Waals surface area contributed by atoms with E-state index in [-0.39, 0.29) is 17.3 Å². The number of nitrogen functional groups attached to an aromatic ring is 2. The predicted molar refractivity (Wildman–Crippen MR) is 107 cm³/mol. The van der Waals surface area contributed by atoms with Crippen LogP contribution in [-0.2, 0) is 0 Å². The van der Waals surface area contributed by atoms with Crippen molar-refractivity contribution in [2.75, 3.05) is 32.8 Å². The number of aromatic nitrogens is 2. The molecule has 4 N–H and O–H groups in total. The molecule has 0 fully saturated rings. The summed E-state index contributed by atoms with van der Waals surface area (Å²) in [5, 5.41) is 8.28. The molecule has 0 saturated carbocycles. The number of hydrogen-bond donors (Lipinski definition) is 2. The van der Waals surface area contributed by atoms with Crippen LogP contribution >= 0.6 is 0 Å². The van der Waals surface area contributed by atoms with Gasteiger partial charge in [-0.25, -0.2) is 9.97 Å². The molecule has 3 rings (SSSR count). The standard InChI is InChI=1S/C19H20N6O3/c1-26-13-9-12(10-14(27-2)16(13)28-3)24-25-15-17(20)22-19(23-18(15)21)11-7-5-4-6-8-11/h4-10H,1-3H3,(H4,20,21,22,23). The summed E-state index contributed by atoms with van der Waals surface area (Å²) in [5.74, 6) is 2.03. The number of rotatable bonds is 6. The molecule has 0 saturated heterocycles. The molecule has 0 aliphatic rings. The number of ether oxygens (including phenoxy) is 3. The first-order valence-electron chi connectivity index (χ1n) is 8.27. The first kappa shape index (κ1) is 18.9. The molecule has 2 aromatic carbocycles. The van der Waals surface area contributed by atoms with E-state index in [1.165, 1.54) is 21.3 Å². The zero-order valence-corrected chi connectivity index (χ0v) is 15.7. The lowest BCUT2D eigenvalue weighted by Gasteiger charge is -2.12. The highest BCUT2D eigenvalue weighted by Crippen LogP contribution is 2.41. The molecule has 3 aromatic rings. The van der Waals surface area contributed by atoms with Gasteiger partial charge in [-0.15, -0.1) is 5.11 Å². The fraction of sp³-hybridized carbons (Fsp3) is 0.158. The molecule has 9 nitrogen and oxygen atoms in total. The van der Waals surface area contributed by atoms with Gasteiger partial charge in [-0.05, 0) is 0 Å². The van der Waals surface area contributed by atoms with E-state index in [2.05, 4.69) is 20.2 Å². The fourth-order valence-corrected chi connectivity index (χ4v) is 2.54. The number of nitrogens with two attached hydrogens (primary N) is 2. The maximum absolute atomic E-state index is 6.03. The number of hydrogen-bond acceptors (Lipinski definition) is 9. The van der Waals surface area contributed by atoms with Crippen LogP contribution in [0.1, 0.15) is 0 Å². The van der Waals surface area contributed by atoms with Crippen LogP contribution in [0, 0.1) is 0 Å². The molecule has 0 aliphatic carbocycles. The Morgan fingerprint density at radius 3 is 1.86 bits per heavy atom. The van der Waals surface area contributed by atoms with Crippen LogP contribution in [0.25, 0.3) is 11.4 Å². The van der Waals surface area contributed by atoms with E-state index in [1.807, 2.05) is 30.3 Å². The molecule has 1 aromatic heterocycles. The SMILES string of the molecule is COc1cc(N=Nc2c(N)nc(-c3ccccc3)nc2N)cc(OC)c1OC. The normalized spacial score (nSPS) is 10.8. The zero-order valence-electron chi connectivity index (χ0n) is 15.7. The molecule has 9 heteroatoms. The number of methoxy groups -OCH3 is 3. The molecule has 1 heterocycles. The van der Waals surface area contributed by atoms with E-state index in [0.717, 1.165) is 5.56 Å². The fourth-order valence-electron chi connectivity index (χ4n) is 2.54. The van der Waals surface area contributed by atoms with E-state index in [0.29, 0.717) is 28.8 Å². The van der Waals surface area contributed by atoms with Crippen LogP contribution in [0.5, 0.6) is 17.2 Å². The van der Waals surface area contributed by atoms with Gasteiger partial charge in [-0.1, -0.05) is 30.3 Å². The first-order valence-corrected chi connectivity index (χ1v) is 8.27. The van der Waals surface area contributed by atoms with Crippen molar-refractivity contribution in [1.29, 1.82) is 0 Å². The molecule has 0 radical (unpaired) electrons. The highest BCUT2D eigenvalue weighted by Gasteiger charge is 2.14. The van der Waals surface area contributed by atoms with Crippen LogP contribution in [-0.4, -0.2) is 31.3 Å². The van der Waals surface area contributed by atoms with Crippen LogP contribution < -0.4 is 25.7 Å². The van der Waals surface area contributed by atoms with Crippen LogP contribution in [0.3, 0.4) is 0 Å². The minimum Gasteiger partial charge on any atom is -0.493 e. The second-order valence-corrected chi connectivity index (χ2v) is 5.62. The molecule has 28 heavy (non-hydrogen) atoms. The Hall–Kier alpha value is -3.88. The van der Waals surface area contributed by atoms with Crippen molar-refractivity contribution in [3.8, 4) is 28.6 Å². The minimum atomic E-state index is 0.127. The molecular weight excluding hydrogens is 360 g/mol. The van der Waals surface area contributed by atoms with Crippen molar-refractivity contribution in [2.24, 2.45) is 10.2 Å². The van der Waals surface area contributed by atoms with Crippen molar-refractivity contribution in [2.45, 2.75) is 0 Å². The number of anilines is 2. The highest BCUT2D eigenvalue weighted by molar-refractivity contribution is 5.74. The quantitative estimate of drug-likeness (QED) is 0.623. The highest BCUT2D eigenvalue weighted by atomic mass is 16.5. The van der Waals surface area contributed by atoms with E-state index in [1.54, 1.807) is 12.1 Å². The molecule has 0 spiro atoms. The van der Waals surface area contributed by atoms with Gasteiger partial charge in [0.15, 0.2) is 34.6 Å². The van der Waals surface area contributed by atoms with Gasteiger partial charge < -0.3 is 25.7 Å². The third kappa shape index (κ3) is 3.78. The summed E-state index contributed by atoms with van der Waals surface area (Å²) < 4.78 is 15.9. The smallest absolute Gasteiger partial charge is 0.203 e. The van der Waals surface area contributed by atoms with Gasteiger partial charge in [-0.2, -0.15) is 5.11 Å². The Morgan fingerprint density at radius 2 is 1.36 bits per heavy atom. The maximum Gasteiger partial charge on any atom is 0.203 e. The largest absolute Gasteiger partial charge is 0.493 e. The van der Waals surface area contributed by atoms with E-state index >= 15 is 0 Å². The van der Waals surface area contributed by atoms with Gasteiger partial charge in [0.25, 0.3) is 0 Å². The van der Waals surface area contributed by atoms with Crippen molar-refractivity contribution in [3.05, 3.63) is 42.5 Å². The van der Waals surface area contributed by atoms with Crippen molar-refractivity contribution >= 4 is 23.0 Å². The second-order valence-electron chi connectivity index (χ2n) is 5.62. The lowest BCUT2D eigenvalue weighted by Crippen LogP contribution is -2.01. The molecule has 0 amide bonds. The summed E-state index contributed by atoms with van der Waals surface area (Å²) in [6, 6.07) is 12.7. The number of nitrogens with zero attached hydrogens (tertiary/aromatic N) is 4. The Morgan fingerprint density at radius 1 is 0.786 bits per heavy atom. The molecular formula is C19H20N6O3. The van der Waals surface area contributed by atoms with Gasteiger partial charge in [0.05, 0.1) is 27.0 Å². The van der Waals surface area contributed by atoms with Crippen molar-refractivity contribution in [1.82, 2.24) is 9.97 Å². The van der Waals surface area contributed by atoms with Crippen molar-refractivity contribution in [3.63, 3.8) is 0 Å². The lowest BCUT2D eigenvalue weighted by atomic mass is 10.2. The molecule has 0 atom stereocenters.